The van der Waals surface area contributed by atoms with Gasteiger partial charge in [0.1, 0.15) is 11.4 Å². The van der Waals surface area contributed by atoms with Crippen molar-refractivity contribution < 1.29 is 9.53 Å². The second-order valence-electron chi connectivity index (χ2n) is 4.54. The number of carbonyl (C=O) groups excluding carboxylic acids is 1. The van der Waals surface area contributed by atoms with Crippen LogP contribution in [-0.2, 0) is 9.53 Å². The van der Waals surface area contributed by atoms with Gasteiger partial charge in [-0.05, 0) is 24.3 Å². The molecular formula is C13H15N3O2S2. The maximum Gasteiger partial charge on any atom is 0.230 e. The lowest BCUT2D eigenvalue weighted by Crippen LogP contribution is -2.32. The third-order valence-electron chi connectivity index (χ3n) is 3.10. The highest BCUT2D eigenvalue weighted by atomic mass is 32.2. The van der Waals surface area contributed by atoms with Gasteiger partial charge in [-0.25, -0.2) is 9.97 Å². The summed E-state index contributed by atoms with van der Waals surface area (Å²) in [7, 11) is 0. The van der Waals surface area contributed by atoms with Gasteiger partial charge in [-0.1, -0.05) is 11.8 Å². The molecule has 2 aromatic heterocycles. The molecule has 0 saturated carbocycles. The van der Waals surface area contributed by atoms with Crippen LogP contribution >= 0.6 is 23.1 Å². The molecule has 5 nitrogen and oxygen atoms in total. The summed E-state index contributed by atoms with van der Waals surface area (Å²) in [6.07, 6.45) is 3.86. The van der Waals surface area contributed by atoms with Crippen molar-refractivity contribution in [1.29, 1.82) is 0 Å². The van der Waals surface area contributed by atoms with Gasteiger partial charge in [0.2, 0.25) is 5.91 Å². The Labute approximate surface area is 125 Å². The van der Waals surface area contributed by atoms with Crippen molar-refractivity contribution in [3.05, 3.63) is 17.8 Å². The van der Waals surface area contributed by atoms with E-state index in [2.05, 4.69) is 15.3 Å². The molecule has 3 rings (SSSR count). The fourth-order valence-corrected chi connectivity index (χ4v) is 3.86. The molecular weight excluding hydrogens is 294 g/mol. The Bertz CT molecular complexity index is 596. The summed E-state index contributed by atoms with van der Waals surface area (Å²) in [6, 6.07) is 1.96. The number of ether oxygens (including phenoxy) is 1. The van der Waals surface area contributed by atoms with Crippen LogP contribution in [-0.4, -0.2) is 40.9 Å². The number of aromatic nitrogens is 2. The molecule has 1 atom stereocenters. The third-order valence-corrected chi connectivity index (χ3v) is 5.13. The first-order chi connectivity index (χ1) is 9.83. The van der Waals surface area contributed by atoms with E-state index >= 15 is 0 Å². The third kappa shape index (κ3) is 3.28. The fraction of sp³-hybridized carbons (Fsp3) is 0.462. The van der Waals surface area contributed by atoms with Crippen molar-refractivity contribution >= 4 is 39.2 Å². The summed E-state index contributed by atoms with van der Waals surface area (Å²) in [5.41, 5.74) is 0.937. The van der Waals surface area contributed by atoms with Crippen LogP contribution < -0.4 is 5.32 Å². The van der Waals surface area contributed by atoms with Crippen LogP contribution in [0, 0.1) is 0 Å². The van der Waals surface area contributed by atoms with Crippen molar-refractivity contribution in [2.45, 2.75) is 24.0 Å². The van der Waals surface area contributed by atoms with E-state index in [0.29, 0.717) is 12.3 Å². The van der Waals surface area contributed by atoms with E-state index in [1.54, 1.807) is 17.7 Å². The molecule has 7 heteroatoms. The molecule has 2 aromatic rings. The highest BCUT2D eigenvalue weighted by Gasteiger charge is 2.16. The summed E-state index contributed by atoms with van der Waals surface area (Å²) >= 11 is 3.05. The number of nitrogens with zero attached hydrogens (tertiary/aromatic N) is 2. The van der Waals surface area contributed by atoms with E-state index in [0.717, 1.165) is 34.7 Å². The first kappa shape index (κ1) is 13.8. The zero-order chi connectivity index (χ0) is 13.8. The SMILES string of the molecule is O=C(CSc1ncnc2ccsc12)NC[C@@H]1CCCO1. The number of carbonyl (C=O) groups is 1. The number of hydrogen-bond donors (Lipinski definition) is 1. The van der Waals surface area contributed by atoms with Gasteiger partial charge in [0.15, 0.2) is 0 Å². The normalized spacial score (nSPS) is 18.5. The van der Waals surface area contributed by atoms with E-state index in [4.69, 9.17) is 4.74 Å². The Morgan fingerprint density at radius 3 is 3.35 bits per heavy atom. The molecule has 1 amide bonds. The van der Waals surface area contributed by atoms with Gasteiger partial charge >= 0.3 is 0 Å². The number of thiophene rings is 1. The first-order valence-electron chi connectivity index (χ1n) is 6.52. The number of hydrogen-bond acceptors (Lipinski definition) is 6. The molecule has 20 heavy (non-hydrogen) atoms. The van der Waals surface area contributed by atoms with Gasteiger partial charge in [-0.3, -0.25) is 4.79 Å². The second kappa shape index (κ2) is 6.51. The lowest BCUT2D eigenvalue weighted by Gasteiger charge is -2.10. The van der Waals surface area contributed by atoms with Crippen molar-refractivity contribution in [3.8, 4) is 0 Å². The smallest absolute Gasteiger partial charge is 0.230 e. The van der Waals surface area contributed by atoms with Gasteiger partial charge in [0.05, 0.1) is 22.1 Å². The number of nitrogens with one attached hydrogen (secondary N) is 1. The van der Waals surface area contributed by atoms with E-state index < -0.39 is 0 Å². The lowest BCUT2D eigenvalue weighted by molar-refractivity contribution is -0.119. The molecule has 0 aromatic carbocycles. The molecule has 1 aliphatic rings. The molecule has 0 aliphatic carbocycles. The van der Waals surface area contributed by atoms with Gasteiger partial charge in [-0.2, -0.15) is 0 Å². The minimum Gasteiger partial charge on any atom is -0.376 e. The summed E-state index contributed by atoms with van der Waals surface area (Å²) in [5, 5.41) is 5.77. The molecule has 0 radical (unpaired) electrons. The van der Waals surface area contributed by atoms with Gasteiger partial charge in [0.25, 0.3) is 0 Å². The van der Waals surface area contributed by atoms with Crippen molar-refractivity contribution in [1.82, 2.24) is 15.3 Å². The molecule has 1 saturated heterocycles. The zero-order valence-electron chi connectivity index (χ0n) is 10.9. The Hall–Kier alpha value is -1.18. The molecule has 3 heterocycles. The predicted octanol–water partition coefficient (Wildman–Crippen LogP) is 2.08. The molecule has 0 unspecified atom stereocenters. The quantitative estimate of drug-likeness (QED) is 0.677. The summed E-state index contributed by atoms with van der Waals surface area (Å²) in [4.78, 5) is 20.3. The molecule has 1 aliphatic heterocycles. The first-order valence-corrected chi connectivity index (χ1v) is 8.39. The lowest BCUT2D eigenvalue weighted by atomic mass is 10.2. The Balaban J connectivity index is 1.51. The van der Waals surface area contributed by atoms with Crippen molar-refractivity contribution in [3.63, 3.8) is 0 Å². The largest absolute Gasteiger partial charge is 0.376 e. The van der Waals surface area contributed by atoms with Crippen LogP contribution in [0.5, 0.6) is 0 Å². The van der Waals surface area contributed by atoms with E-state index in [9.17, 15) is 4.79 Å². The van der Waals surface area contributed by atoms with Crippen LogP contribution in [0.15, 0.2) is 22.8 Å². The maximum atomic E-state index is 11.8. The fourth-order valence-electron chi connectivity index (χ4n) is 2.09. The highest BCUT2D eigenvalue weighted by Crippen LogP contribution is 2.28. The van der Waals surface area contributed by atoms with Crippen LogP contribution in [0.4, 0.5) is 0 Å². The summed E-state index contributed by atoms with van der Waals surface area (Å²) in [5.74, 6) is 0.394. The Kier molecular flexibility index (Phi) is 4.49. The highest BCUT2D eigenvalue weighted by molar-refractivity contribution is 8.00. The maximum absolute atomic E-state index is 11.8. The Morgan fingerprint density at radius 2 is 2.50 bits per heavy atom. The number of thioether (sulfide) groups is 1. The van der Waals surface area contributed by atoms with E-state index in [1.165, 1.54) is 11.8 Å². The molecule has 0 bridgehead atoms. The van der Waals surface area contributed by atoms with E-state index in [1.807, 2.05) is 11.4 Å². The summed E-state index contributed by atoms with van der Waals surface area (Å²) < 4.78 is 6.52. The van der Waals surface area contributed by atoms with Crippen molar-refractivity contribution in [2.75, 3.05) is 18.9 Å². The van der Waals surface area contributed by atoms with Crippen LogP contribution in [0.1, 0.15) is 12.8 Å². The van der Waals surface area contributed by atoms with Crippen molar-refractivity contribution in [2.24, 2.45) is 0 Å². The van der Waals surface area contributed by atoms with E-state index in [-0.39, 0.29) is 12.0 Å². The summed E-state index contributed by atoms with van der Waals surface area (Å²) in [6.45, 7) is 1.42. The average Bonchev–Trinajstić information content (AvgIpc) is 3.13. The number of rotatable bonds is 5. The zero-order valence-corrected chi connectivity index (χ0v) is 12.5. The minimum absolute atomic E-state index is 0.0221. The number of amides is 1. The second-order valence-corrected chi connectivity index (χ2v) is 6.42. The van der Waals surface area contributed by atoms with Gasteiger partial charge < -0.3 is 10.1 Å². The van der Waals surface area contributed by atoms with Gasteiger partial charge in [0, 0.05) is 13.2 Å². The minimum atomic E-state index is 0.0221. The Morgan fingerprint density at radius 1 is 1.55 bits per heavy atom. The monoisotopic (exact) mass is 309 g/mol. The average molecular weight is 309 g/mol. The predicted molar refractivity (Wildman–Crippen MR) is 80.1 cm³/mol. The standard InChI is InChI=1S/C13H15N3O2S2/c17-11(14-6-9-2-1-4-18-9)7-20-13-12-10(3-5-19-12)15-8-16-13/h3,5,8-9H,1-2,4,6-7H2,(H,14,17)/t9-/m0/s1. The molecule has 1 fully saturated rings. The van der Waals surface area contributed by atoms with Crippen LogP contribution in [0.25, 0.3) is 10.2 Å². The van der Waals surface area contributed by atoms with Crippen LogP contribution in [0.2, 0.25) is 0 Å². The number of fused-ring (bicyclic) bond motifs is 1. The molecule has 0 spiro atoms. The van der Waals surface area contributed by atoms with Gasteiger partial charge in [-0.15, -0.1) is 11.3 Å². The van der Waals surface area contributed by atoms with Crippen LogP contribution in [0.3, 0.4) is 0 Å². The topological polar surface area (TPSA) is 64.1 Å². The molecule has 106 valence electrons. The molecule has 1 N–H and O–H groups in total.